The first-order chi connectivity index (χ1) is 13.7. The minimum absolute atomic E-state index is 0.132. The molecular weight excluding hydrogens is 356 g/mol. The summed E-state index contributed by atoms with van der Waals surface area (Å²) in [6, 6.07) is 3.24. The smallest absolute Gasteiger partial charge is 0.173 e. The molecule has 3 heterocycles. The molecule has 28 heavy (non-hydrogen) atoms. The molecule has 0 aliphatic carbocycles. The molecule has 0 saturated heterocycles. The molecule has 0 bridgehead atoms. The third-order valence-corrected chi connectivity index (χ3v) is 5.37. The standard InChI is InChI=1S/C21H26N4O3/c1-27-19-9-15(26)10-20(28-2)16(19)13-25-8-6-17-14(12-25)11-23-21(24-17)18-5-3-4-7-22-18/h9-11,26H,3-8,12-13H2,1-2H3. The molecule has 7 heteroatoms. The summed E-state index contributed by atoms with van der Waals surface area (Å²) >= 11 is 0. The number of ether oxygens (including phenoxy) is 2. The van der Waals surface area contributed by atoms with Crippen LogP contribution in [0.2, 0.25) is 0 Å². The first-order valence-electron chi connectivity index (χ1n) is 9.72. The van der Waals surface area contributed by atoms with Crippen molar-refractivity contribution in [3.63, 3.8) is 0 Å². The third-order valence-electron chi connectivity index (χ3n) is 5.37. The van der Waals surface area contributed by atoms with E-state index in [0.717, 1.165) is 67.3 Å². The molecule has 2 aliphatic rings. The number of aliphatic imine (C=N–C) groups is 1. The van der Waals surface area contributed by atoms with E-state index >= 15 is 0 Å². The third kappa shape index (κ3) is 3.80. The number of nitrogens with zero attached hydrogens (tertiary/aromatic N) is 4. The van der Waals surface area contributed by atoms with Crippen molar-refractivity contribution in [2.45, 2.75) is 38.8 Å². The summed E-state index contributed by atoms with van der Waals surface area (Å²) in [5.74, 6) is 2.19. The Morgan fingerprint density at radius 3 is 2.57 bits per heavy atom. The predicted octanol–water partition coefficient (Wildman–Crippen LogP) is 2.73. The fourth-order valence-electron chi connectivity index (χ4n) is 3.88. The van der Waals surface area contributed by atoms with Crippen molar-refractivity contribution in [2.75, 3.05) is 27.3 Å². The lowest BCUT2D eigenvalue weighted by atomic mass is 10.0. The van der Waals surface area contributed by atoms with Gasteiger partial charge >= 0.3 is 0 Å². The van der Waals surface area contributed by atoms with E-state index in [0.29, 0.717) is 18.0 Å². The zero-order valence-corrected chi connectivity index (χ0v) is 16.4. The van der Waals surface area contributed by atoms with Gasteiger partial charge in [-0.05, 0) is 19.3 Å². The van der Waals surface area contributed by atoms with Crippen LogP contribution < -0.4 is 9.47 Å². The Labute approximate surface area is 165 Å². The van der Waals surface area contributed by atoms with Gasteiger partial charge < -0.3 is 14.6 Å². The highest BCUT2D eigenvalue weighted by molar-refractivity contribution is 5.97. The second kappa shape index (κ2) is 8.14. The zero-order valence-electron chi connectivity index (χ0n) is 16.4. The van der Waals surface area contributed by atoms with Gasteiger partial charge in [0.2, 0.25) is 0 Å². The van der Waals surface area contributed by atoms with E-state index in [1.54, 1.807) is 26.4 Å². The van der Waals surface area contributed by atoms with E-state index in [9.17, 15) is 5.11 Å². The summed E-state index contributed by atoms with van der Waals surface area (Å²) in [5.41, 5.74) is 4.26. The number of hydrogen-bond donors (Lipinski definition) is 1. The van der Waals surface area contributed by atoms with Crippen LogP contribution >= 0.6 is 0 Å². The van der Waals surface area contributed by atoms with Crippen LogP contribution in [-0.2, 0) is 19.5 Å². The Balaban J connectivity index is 1.53. The van der Waals surface area contributed by atoms with Crippen LogP contribution in [0.15, 0.2) is 23.3 Å². The van der Waals surface area contributed by atoms with Crippen LogP contribution in [0.25, 0.3) is 0 Å². The fourth-order valence-corrected chi connectivity index (χ4v) is 3.88. The van der Waals surface area contributed by atoms with Gasteiger partial charge in [0.05, 0.1) is 31.2 Å². The molecule has 0 atom stereocenters. The van der Waals surface area contributed by atoms with E-state index in [4.69, 9.17) is 14.5 Å². The highest BCUT2D eigenvalue weighted by Gasteiger charge is 2.23. The quantitative estimate of drug-likeness (QED) is 0.857. The molecule has 0 unspecified atom stereocenters. The van der Waals surface area contributed by atoms with Crippen LogP contribution in [0, 0.1) is 0 Å². The van der Waals surface area contributed by atoms with Gasteiger partial charge in [0.1, 0.15) is 17.2 Å². The van der Waals surface area contributed by atoms with E-state index in [2.05, 4.69) is 14.9 Å². The second-order valence-electron chi connectivity index (χ2n) is 7.24. The Morgan fingerprint density at radius 1 is 1.11 bits per heavy atom. The van der Waals surface area contributed by atoms with Gasteiger partial charge in [0.15, 0.2) is 5.82 Å². The molecule has 1 N–H and O–H groups in total. The molecule has 1 aromatic heterocycles. The number of aromatic hydroxyl groups is 1. The number of benzene rings is 1. The van der Waals surface area contributed by atoms with Gasteiger partial charge in [-0.25, -0.2) is 9.97 Å². The number of hydrogen-bond acceptors (Lipinski definition) is 7. The molecule has 0 radical (unpaired) electrons. The Morgan fingerprint density at radius 2 is 1.89 bits per heavy atom. The summed E-state index contributed by atoms with van der Waals surface area (Å²) in [7, 11) is 3.21. The molecule has 148 valence electrons. The first-order valence-corrected chi connectivity index (χ1v) is 9.72. The lowest BCUT2D eigenvalue weighted by molar-refractivity contribution is 0.234. The molecule has 7 nitrogen and oxygen atoms in total. The van der Waals surface area contributed by atoms with Crippen LogP contribution in [0.5, 0.6) is 17.2 Å². The number of fused-ring (bicyclic) bond motifs is 1. The minimum atomic E-state index is 0.132. The molecule has 0 amide bonds. The van der Waals surface area contributed by atoms with E-state index in [-0.39, 0.29) is 5.75 Å². The second-order valence-corrected chi connectivity index (χ2v) is 7.24. The van der Waals surface area contributed by atoms with Crippen molar-refractivity contribution in [3.8, 4) is 17.2 Å². The molecule has 4 rings (SSSR count). The van der Waals surface area contributed by atoms with Crippen LogP contribution in [0.4, 0.5) is 0 Å². The van der Waals surface area contributed by atoms with Gasteiger partial charge in [0, 0.05) is 56.5 Å². The Hall–Kier alpha value is -2.67. The average molecular weight is 382 g/mol. The van der Waals surface area contributed by atoms with Crippen LogP contribution in [0.1, 0.15) is 41.9 Å². The SMILES string of the molecule is COc1cc(O)cc(OC)c1CN1CCc2nc(C3=NCCCC3)ncc2C1. The molecule has 0 saturated carbocycles. The van der Waals surface area contributed by atoms with Crippen molar-refractivity contribution in [3.05, 3.63) is 41.0 Å². The average Bonchev–Trinajstić information content (AvgIpc) is 2.74. The maximum absolute atomic E-state index is 9.85. The van der Waals surface area contributed by atoms with Gasteiger partial charge in [-0.15, -0.1) is 0 Å². The monoisotopic (exact) mass is 382 g/mol. The predicted molar refractivity (Wildman–Crippen MR) is 106 cm³/mol. The maximum atomic E-state index is 9.85. The summed E-state index contributed by atoms with van der Waals surface area (Å²) in [6.07, 6.45) is 6.13. The normalized spacial score (nSPS) is 17.0. The summed E-state index contributed by atoms with van der Waals surface area (Å²) < 4.78 is 10.9. The van der Waals surface area contributed by atoms with Crippen LogP contribution in [0.3, 0.4) is 0 Å². The number of phenolic OH excluding ortho intramolecular Hbond substituents is 1. The number of phenols is 1. The van der Waals surface area contributed by atoms with Crippen molar-refractivity contribution >= 4 is 5.71 Å². The number of methoxy groups -OCH3 is 2. The summed E-state index contributed by atoms with van der Waals surface area (Å²) in [6.45, 7) is 3.22. The maximum Gasteiger partial charge on any atom is 0.173 e. The largest absolute Gasteiger partial charge is 0.508 e. The van der Waals surface area contributed by atoms with Crippen molar-refractivity contribution < 1.29 is 14.6 Å². The van der Waals surface area contributed by atoms with Gasteiger partial charge in [-0.2, -0.15) is 0 Å². The molecule has 2 aromatic rings. The van der Waals surface area contributed by atoms with E-state index in [1.165, 1.54) is 6.42 Å². The summed E-state index contributed by atoms with van der Waals surface area (Å²) in [4.78, 5) is 16.3. The highest BCUT2D eigenvalue weighted by atomic mass is 16.5. The lowest BCUT2D eigenvalue weighted by Crippen LogP contribution is -2.31. The van der Waals surface area contributed by atoms with Gasteiger partial charge in [0.25, 0.3) is 0 Å². The van der Waals surface area contributed by atoms with Gasteiger partial charge in [-0.1, -0.05) is 0 Å². The Kier molecular flexibility index (Phi) is 5.43. The number of rotatable bonds is 5. The Bertz CT molecular complexity index is 872. The molecule has 0 fully saturated rings. The van der Waals surface area contributed by atoms with Crippen LogP contribution in [-0.4, -0.2) is 53.0 Å². The zero-order chi connectivity index (χ0) is 19.5. The molecule has 0 spiro atoms. The van der Waals surface area contributed by atoms with Crippen molar-refractivity contribution in [1.82, 2.24) is 14.9 Å². The fraction of sp³-hybridized carbons (Fsp3) is 0.476. The van der Waals surface area contributed by atoms with Crippen molar-refractivity contribution in [2.24, 2.45) is 4.99 Å². The van der Waals surface area contributed by atoms with E-state index < -0.39 is 0 Å². The van der Waals surface area contributed by atoms with Gasteiger partial charge in [-0.3, -0.25) is 9.89 Å². The highest BCUT2D eigenvalue weighted by Crippen LogP contribution is 2.35. The molecular formula is C21H26N4O3. The topological polar surface area (TPSA) is 80.1 Å². The number of aromatic nitrogens is 2. The molecule has 1 aromatic carbocycles. The lowest BCUT2D eigenvalue weighted by Gasteiger charge is -2.29. The molecule has 2 aliphatic heterocycles. The van der Waals surface area contributed by atoms with Crippen molar-refractivity contribution in [1.29, 1.82) is 0 Å². The first kappa shape index (κ1) is 18.7. The minimum Gasteiger partial charge on any atom is -0.508 e. The summed E-state index contributed by atoms with van der Waals surface area (Å²) in [5, 5.41) is 9.85. The van der Waals surface area contributed by atoms with E-state index in [1.807, 2.05) is 6.20 Å².